The SMILES string of the molecule is CCn1c(SCC(=O)NC2CCCCC2C)nnc1-c1ccccc1OC. The molecule has 1 amide bonds. The van der Waals surface area contributed by atoms with Crippen LogP contribution < -0.4 is 10.1 Å². The Bertz CT molecular complexity index is 777. The lowest BCUT2D eigenvalue weighted by Gasteiger charge is -2.29. The summed E-state index contributed by atoms with van der Waals surface area (Å²) >= 11 is 1.43. The van der Waals surface area contributed by atoms with E-state index in [1.165, 1.54) is 31.0 Å². The van der Waals surface area contributed by atoms with Gasteiger partial charge in [-0.15, -0.1) is 10.2 Å². The Labute approximate surface area is 165 Å². The minimum Gasteiger partial charge on any atom is -0.496 e. The number of nitrogens with one attached hydrogen (secondary N) is 1. The van der Waals surface area contributed by atoms with Gasteiger partial charge in [0.2, 0.25) is 5.91 Å². The molecule has 0 bridgehead atoms. The molecule has 2 unspecified atom stereocenters. The molecule has 0 radical (unpaired) electrons. The fraction of sp³-hybridized carbons (Fsp3) is 0.550. The van der Waals surface area contributed by atoms with Gasteiger partial charge >= 0.3 is 0 Å². The fourth-order valence-electron chi connectivity index (χ4n) is 3.62. The number of methoxy groups -OCH3 is 1. The zero-order valence-corrected chi connectivity index (χ0v) is 17.1. The number of rotatable bonds is 7. The molecule has 1 aliphatic carbocycles. The highest BCUT2D eigenvalue weighted by molar-refractivity contribution is 7.99. The van der Waals surface area contributed by atoms with Crippen LogP contribution in [0.25, 0.3) is 11.4 Å². The standard InChI is InChI=1S/C20H28N4O2S/c1-4-24-19(15-10-6-8-12-17(15)26-3)22-23-20(24)27-13-18(25)21-16-11-7-5-9-14(16)2/h6,8,10,12,14,16H,4-5,7,9,11,13H2,1-3H3,(H,21,25). The lowest BCUT2D eigenvalue weighted by molar-refractivity contribution is -0.119. The third kappa shape index (κ3) is 4.64. The summed E-state index contributed by atoms with van der Waals surface area (Å²) in [4.78, 5) is 12.4. The average Bonchev–Trinajstić information content (AvgIpc) is 3.10. The summed E-state index contributed by atoms with van der Waals surface area (Å²) < 4.78 is 7.48. The van der Waals surface area contributed by atoms with E-state index in [4.69, 9.17) is 4.74 Å². The number of hydrogen-bond donors (Lipinski definition) is 1. The van der Waals surface area contributed by atoms with Gasteiger partial charge in [-0.3, -0.25) is 4.79 Å². The fourth-order valence-corrected chi connectivity index (χ4v) is 4.43. The van der Waals surface area contributed by atoms with Crippen molar-refractivity contribution in [3.05, 3.63) is 24.3 Å². The van der Waals surface area contributed by atoms with Crippen molar-refractivity contribution in [2.45, 2.75) is 57.3 Å². The van der Waals surface area contributed by atoms with Gasteiger partial charge in [0.15, 0.2) is 11.0 Å². The summed E-state index contributed by atoms with van der Waals surface area (Å²) in [5, 5.41) is 12.6. The number of hydrogen-bond acceptors (Lipinski definition) is 5. The Hall–Kier alpha value is -2.02. The van der Waals surface area contributed by atoms with E-state index in [9.17, 15) is 4.79 Å². The number of ether oxygens (including phenoxy) is 1. The first kappa shape index (κ1) is 19.7. The van der Waals surface area contributed by atoms with Gasteiger partial charge in [-0.2, -0.15) is 0 Å². The van der Waals surface area contributed by atoms with Gasteiger partial charge in [-0.1, -0.05) is 43.7 Å². The molecule has 1 heterocycles. The van der Waals surface area contributed by atoms with E-state index in [0.717, 1.165) is 35.3 Å². The minimum absolute atomic E-state index is 0.0724. The van der Waals surface area contributed by atoms with Crippen LogP contribution in [0.2, 0.25) is 0 Å². The average molecular weight is 389 g/mol. The molecule has 1 aromatic heterocycles. The highest BCUT2D eigenvalue weighted by Gasteiger charge is 2.23. The second-order valence-electron chi connectivity index (χ2n) is 6.98. The number of para-hydroxylation sites is 1. The molecule has 1 aliphatic rings. The predicted octanol–water partition coefficient (Wildman–Crippen LogP) is 3.76. The number of carbonyl (C=O) groups is 1. The second kappa shape index (κ2) is 9.26. The summed E-state index contributed by atoms with van der Waals surface area (Å²) in [6, 6.07) is 8.08. The first-order chi connectivity index (χ1) is 13.1. The second-order valence-corrected chi connectivity index (χ2v) is 7.92. The van der Waals surface area contributed by atoms with Crippen LogP contribution >= 0.6 is 11.8 Å². The Morgan fingerprint density at radius 2 is 2.07 bits per heavy atom. The summed E-state index contributed by atoms with van der Waals surface area (Å²) in [5.74, 6) is 2.51. The maximum atomic E-state index is 12.4. The van der Waals surface area contributed by atoms with E-state index < -0.39 is 0 Å². The summed E-state index contributed by atoms with van der Waals surface area (Å²) in [6.45, 7) is 5.00. The van der Waals surface area contributed by atoms with E-state index >= 15 is 0 Å². The van der Waals surface area contributed by atoms with Gasteiger partial charge in [-0.05, 0) is 37.8 Å². The highest BCUT2D eigenvalue weighted by atomic mass is 32.2. The maximum Gasteiger partial charge on any atom is 0.230 e. The van der Waals surface area contributed by atoms with Crippen molar-refractivity contribution >= 4 is 17.7 Å². The Balaban J connectivity index is 1.67. The monoisotopic (exact) mass is 388 g/mol. The zero-order valence-electron chi connectivity index (χ0n) is 16.3. The number of benzene rings is 1. The maximum absolute atomic E-state index is 12.4. The molecule has 146 valence electrons. The van der Waals surface area contributed by atoms with Crippen LogP contribution in [0.4, 0.5) is 0 Å². The third-order valence-corrected chi connectivity index (χ3v) is 6.14. The van der Waals surface area contributed by atoms with Gasteiger partial charge in [0.1, 0.15) is 5.75 Å². The molecular weight excluding hydrogens is 360 g/mol. The van der Waals surface area contributed by atoms with Gasteiger partial charge in [0.05, 0.1) is 18.4 Å². The molecule has 0 spiro atoms. The number of nitrogens with zero attached hydrogens (tertiary/aromatic N) is 3. The van der Waals surface area contributed by atoms with Crippen molar-refractivity contribution in [3.8, 4) is 17.1 Å². The molecule has 0 saturated heterocycles. The van der Waals surface area contributed by atoms with Gasteiger partial charge < -0.3 is 14.6 Å². The third-order valence-electron chi connectivity index (χ3n) is 5.17. The van der Waals surface area contributed by atoms with Crippen LogP contribution in [-0.4, -0.2) is 39.6 Å². The van der Waals surface area contributed by atoms with Crippen molar-refractivity contribution in [1.29, 1.82) is 0 Å². The van der Waals surface area contributed by atoms with Crippen LogP contribution in [0.3, 0.4) is 0 Å². The molecule has 2 atom stereocenters. The quantitative estimate of drug-likeness (QED) is 0.732. The van der Waals surface area contributed by atoms with Gasteiger partial charge in [0, 0.05) is 12.6 Å². The molecule has 2 aromatic rings. The number of aromatic nitrogens is 3. The first-order valence-electron chi connectivity index (χ1n) is 9.62. The van der Waals surface area contributed by atoms with E-state index in [0.29, 0.717) is 17.7 Å². The summed E-state index contributed by atoms with van der Waals surface area (Å²) in [6.07, 6.45) is 4.76. The molecular formula is C20H28N4O2S. The number of thioether (sulfide) groups is 1. The van der Waals surface area contributed by atoms with Crippen molar-refractivity contribution in [2.24, 2.45) is 5.92 Å². The Kier molecular flexibility index (Phi) is 6.77. The molecule has 27 heavy (non-hydrogen) atoms. The van der Waals surface area contributed by atoms with Crippen molar-refractivity contribution in [3.63, 3.8) is 0 Å². The molecule has 3 rings (SSSR count). The smallest absolute Gasteiger partial charge is 0.230 e. The van der Waals surface area contributed by atoms with Crippen LogP contribution in [0, 0.1) is 5.92 Å². The van der Waals surface area contributed by atoms with E-state index in [2.05, 4.69) is 29.4 Å². The van der Waals surface area contributed by atoms with Crippen molar-refractivity contribution < 1.29 is 9.53 Å². The minimum atomic E-state index is 0.0724. The molecule has 6 nitrogen and oxygen atoms in total. The normalized spacial score (nSPS) is 19.7. The topological polar surface area (TPSA) is 69.0 Å². The van der Waals surface area contributed by atoms with Crippen LogP contribution in [0.5, 0.6) is 5.75 Å². The van der Waals surface area contributed by atoms with Crippen LogP contribution in [0.15, 0.2) is 29.4 Å². The Morgan fingerprint density at radius 3 is 2.81 bits per heavy atom. The van der Waals surface area contributed by atoms with Crippen molar-refractivity contribution in [1.82, 2.24) is 20.1 Å². The number of amides is 1. The van der Waals surface area contributed by atoms with E-state index in [1.54, 1.807) is 7.11 Å². The molecule has 0 aliphatic heterocycles. The van der Waals surface area contributed by atoms with E-state index in [-0.39, 0.29) is 5.91 Å². The molecule has 1 N–H and O–H groups in total. The lowest BCUT2D eigenvalue weighted by Crippen LogP contribution is -2.41. The predicted molar refractivity (Wildman–Crippen MR) is 108 cm³/mol. The van der Waals surface area contributed by atoms with Crippen LogP contribution in [0.1, 0.15) is 39.5 Å². The van der Waals surface area contributed by atoms with Gasteiger partial charge in [-0.25, -0.2) is 0 Å². The number of carbonyl (C=O) groups excluding carboxylic acids is 1. The first-order valence-corrected chi connectivity index (χ1v) is 10.6. The lowest BCUT2D eigenvalue weighted by atomic mass is 9.86. The Morgan fingerprint density at radius 1 is 1.30 bits per heavy atom. The highest BCUT2D eigenvalue weighted by Crippen LogP contribution is 2.31. The molecule has 1 fully saturated rings. The zero-order chi connectivity index (χ0) is 19.2. The molecule has 1 saturated carbocycles. The summed E-state index contributed by atoms with van der Waals surface area (Å²) in [7, 11) is 1.65. The summed E-state index contributed by atoms with van der Waals surface area (Å²) in [5.41, 5.74) is 0.904. The van der Waals surface area contributed by atoms with E-state index in [1.807, 2.05) is 28.8 Å². The largest absolute Gasteiger partial charge is 0.496 e. The van der Waals surface area contributed by atoms with Gasteiger partial charge in [0.25, 0.3) is 0 Å². The van der Waals surface area contributed by atoms with Crippen LogP contribution in [-0.2, 0) is 11.3 Å². The molecule has 1 aromatic carbocycles. The molecule has 7 heteroatoms. The van der Waals surface area contributed by atoms with Crippen molar-refractivity contribution in [2.75, 3.05) is 12.9 Å².